The van der Waals surface area contributed by atoms with E-state index in [4.69, 9.17) is 59.1 Å². The number of benzene rings is 4. The first-order chi connectivity index (χ1) is 39.8. The third kappa shape index (κ3) is 21.2. The molecule has 17 N–H and O–H groups in total. The lowest BCUT2D eigenvalue weighted by molar-refractivity contribution is -0.121. The lowest BCUT2D eigenvalue weighted by Crippen LogP contribution is -2.42. The number of methoxy groups -OCH3 is 4. The monoisotopic (exact) mass is 1150 g/mol. The van der Waals surface area contributed by atoms with Crippen LogP contribution in [-0.4, -0.2) is 132 Å². The number of Topliss-reactive ketones (excluding diaryl/α,β-unsaturated/α-hetero) is 4. The van der Waals surface area contributed by atoms with Gasteiger partial charge >= 0.3 is 0 Å². The van der Waals surface area contributed by atoms with E-state index in [2.05, 4.69) is 20.9 Å². The number of nitrogens with one attached hydrogen (secondary N) is 3. The lowest BCUT2D eigenvalue weighted by Gasteiger charge is -2.21. The van der Waals surface area contributed by atoms with Crippen LogP contribution in [0, 0.1) is 0 Å². The molecule has 0 spiro atoms. The van der Waals surface area contributed by atoms with Crippen molar-refractivity contribution in [2.24, 2.45) is 45.1 Å². The van der Waals surface area contributed by atoms with Gasteiger partial charge in [-0.05, 0) is 155 Å². The van der Waals surface area contributed by atoms with E-state index in [1.165, 1.54) is 64.8 Å². The number of ether oxygens (including phenoxy) is 4. The first-order valence-corrected chi connectivity index (χ1v) is 27.7. The number of ketones is 4. The van der Waals surface area contributed by atoms with E-state index in [-0.39, 0.29) is 114 Å². The molecule has 4 aromatic carbocycles. The first-order valence-electron chi connectivity index (χ1n) is 27.7. The van der Waals surface area contributed by atoms with Crippen molar-refractivity contribution in [1.29, 1.82) is 0 Å². The van der Waals surface area contributed by atoms with Crippen LogP contribution in [0.4, 0.5) is 0 Å². The third-order valence-corrected chi connectivity index (χ3v) is 13.9. The Morgan fingerprint density at radius 2 is 0.723 bits per heavy atom. The maximum Gasteiger partial charge on any atom is 0.255 e. The second-order valence-electron chi connectivity index (χ2n) is 20.1. The SMILES string of the molecule is COc1ccc(CC(=O)[C@H](CCCCN)NC(=O)c2cc(CC(=O)[C@H](CCCCN)NC(=O)c3cc(CC(=O)[C@H](CCCN=C(N)N)NC(=O)c4cc(CC(=O)[C@@H](N)CCCCN)ccc4OC)ccc3OC)ccc2OC)cc1C(N)=O. The van der Waals surface area contributed by atoms with Crippen LogP contribution in [0.15, 0.2) is 77.8 Å². The summed E-state index contributed by atoms with van der Waals surface area (Å²) in [5.74, 6) is -3.39. The number of nitrogens with zero attached hydrogens (tertiary/aromatic N) is 1. The highest BCUT2D eigenvalue weighted by Crippen LogP contribution is 2.26. The topological polar surface area (TPSA) is 404 Å². The maximum absolute atomic E-state index is 14.3. The molecule has 0 fully saturated rings. The summed E-state index contributed by atoms with van der Waals surface area (Å²) in [6.45, 7) is 1.36. The highest BCUT2D eigenvalue weighted by molar-refractivity contribution is 6.03. The molecule has 0 aliphatic rings. The molecule has 4 atom stereocenters. The molecule has 4 amide bonds. The van der Waals surface area contributed by atoms with Crippen molar-refractivity contribution < 1.29 is 57.3 Å². The zero-order valence-corrected chi connectivity index (χ0v) is 48.1. The molecule has 4 rings (SSSR count). The number of aliphatic imine (C=N–C) groups is 1. The average Bonchev–Trinajstić information content (AvgIpc) is 3.54. The minimum atomic E-state index is -1.08. The fourth-order valence-electron chi connectivity index (χ4n) is 9.30. The molecule has 0 heterocycles. The lowest BCUT2D eigenvalue weighted by atomic mass is 9.95. The van der Waals surface area contributed by atoms with Gasteiger partial charge in [-0.1, -0.05) is 30.7 Å². The fraction of sp³-hybridized carbons (Fsp3) is 0.450. The summed E-state index contributed by atoms with van der Waals surface area (Å²) in [5.41, 5.74) is 42.1. The molecule has 0 saturated heterocycles. The predicted octanol–water partition coefficient (Wildman–Crippen LogP) is 2.43. The Bertz CT molecular complexity index is 2910. The van der Waals surface area contributed by atoms with Gasteiger partial charge in [0.05, 0.1) is 74.9 Å². The smallest absolute Gasteiger partial charge is 0.255 e. The van der Waals surface area contributed by atoms with Gasteiger partial charge in [-0.3, -0.25) is 43.3 Å². The number of primary amides is 1. The van der Waals surface area contributed by atoms with Crippen molar-refractivity contribution >= 4 is 52.7 Å². The van der Waals surface area contributed by atoms with Crippen LogP contribution in [0.5, 0.6) is 23.0 Å². The second-order valence-corrected chi connectivity index (χ2v) is 20.1. The Morgan fingerprint density at radius 1 is 0.422 bits per heavy atom. The number of guanidine groups is 1. The number of carbonyl (C=O) groups excluding carboxylic acids is 8. The highest BCUT2D eigenvalue weighted by Gasteiger charge is 2.29. The Morgan fingerprint density at radius 3 is 1.04 bits per heavy atom. The van der Waals surface area contributed by atoms with Crippen LogP contribution in [-0.2, 0) is 44.9 Å². The minimum absolute atomic E-state index is 0.0252. The molecule has 0 aliphatic carbocycles. The Labute approximate surface area is 484 Å². The van der Waals surface area contributed by atoms with E-state index in [1.807, 2.05) is 0 Å². The number of rotatable bonds is 39. The minimum Gasteiger partial charge on any atom is -0.496 e. The van der Waals surface area contributed by atoms with Crippen LogP contribution in [0.2, 0.25) is 0 Å². The summed E-state index contributed by atoms with van der Waals surface area (Å²) >= 11 is 0. The summed E-state index contributed by atoms with van der Waals surface area (Å²) < 4.78 is 21.9. The van der Waals surface area contributed by atoms with E-state index in [1.54, 1.807) is 36.4 Å². The summed E-state index contributed by atoms with van der Waals surface area (Å²) in [6.07, 6.45) is 4.31. The van der Waals surface area contributed by atoms with Crippen molar-refractivity contribution in [2.45, 2.75) is 120 Å². The van der Waals surface area contributed by atoms with Crippen LogP contribution in [0.3, 0.4) is 0 Å². The van der Waals surface area contributed by atoms with Crippen LogP contribution >= 0.6 is 0 Å². The number of amides is 4. The van der Waals surface area contributed by atoms with Gasteiger partial charge < -0.3 is 75.0 Å². The number of unbranched alkanes of at least 4 members (excludes halogenated alkanes) is 3. The Kier molecular flexibility index (Phi) is 28.3. The summed E-state index contributed by atoms with van der Waals surface area (Å²) in [4.78, 5) is 114. The van der Waals surface area contributed by atoms with Crippen molar-refractivity contribution in [1.82, 2.24) is 16.0 Å². The standard InChI is InChI=1S/C60H83N11O12/c1-80-52-20-16-36(28-40(52)56(65)76)33-49(73)45(13-6-9-25-62)69-57(77)42-30-38(18-22-54(42)82-3)34-50(74)46(14-7-10-26-63)70-58(78)43-31-39(19-23-55(43)83-4)35-51(75)47(15-11-27-68-60(66)67)71-59(79)41-29-37(17-21-53(41)81-2)32-48(72)44(64)12-5-8-24-61/h16-23,28-31,44-47H,5-15,24-27,32-35,61-64H2,1-4H3,(H2,65,76)(H,69,77)(H,70,78)(H,71,79)(H4,66,67,68)/t44-,45-,46-,47-/m0/s1. The van der Waals surface area contributed by atoms with E-state index in [0.717, 1.165) is 6.42 Å². The Balaban J connectivity index is 1.57. The van der Waals surface area contributed by atoms with Gasteiger partial charge in [-0.25, -0.2) is 0 Å². The van der Waals surface area contributed by atoms with E-state index >= 15 is 0 Å². The summed E-state index contributed by atoms with van der Waals surface area (Å²) in [6, 6.07) is 14.9. The molecule has 450 valence electrons. The molecule has 0 saturated carbocycles. The largest absolute Gasteiger partial charge is 0.496 e. The molecular formula is C60H83N11O12. The van der Waals surface area contributed by atoms with E-state index < -0.39 is 59.4 Å². The molecule has 0 unspecified atom stereocenters. The number of hydrogen-bond donors (Lipinski definition) is 10. The number of nitrogens with two attached hydrogens (primary N) is 7. The number of carbonyl (C=O) groups is 8. The maximum atomic E-state index is 14.3. The van der Waals surface area contributed by atoms with Crippen molar-refractivity contribution in [3.63, 3.8) is 0 Å². The van der Waals surface area contributed by atoms with Crippen molar-refractivity contribution in [2.75, 3.05) is 54.6 Å². The fourth-order valence-corrected chi connectivity index (χ4v) is 9.30. The van der Waals surface area contributed by atoms with Gasteiger partial charge in [0.1, 0.15) is 23.0 Å². The molecular weight excluding hydrogens is 1070 g/mol. The van der Waals surface area contributed by atoms with Crippen LogP contribution in [0.25, 0.3) is 0 Å². The Hall–Kier alpha value is -8.25. The average molecular weight is 1150 g/mol. The molecule has 0 aromatic heterocycles. The normalized spacial score (nSPS) is 12.4. The molecule has 23 nitrogen and oxygen atoms in total. The molecule has 0 aliphatic heterocycles. The van der Waals surface area contributed by atoms with E-state index in [0.29, 0.717) is 86.8 Å². The molecule has 4 aromatic rings. The first kappa shape index (κ1) is 67.3. The zero-order valence-electron chi connectivity index (χ0n) is 48.1. The quantitative estimate of drug-likeness (QED) is 0.0174. The second kappa shape index (κ2) is 34.9. The summed E-state index contributed by atoms with van der Waals surface area (Å²) in [5, 5.41) is 8.55. The summed E-state index contributed by atoms with van der Waals surface area (Å²) in [7, 11) is 5.54. The number of hydrogen-bond acceptors (Lipinski definition) is 17. The predicted molar refractivity (Wildman–Crippen MR) is 316 cm³/mol. The van der Waals surface area contributed by atoms with E-state index in [9.17, 15) is 38.4 Å². The van der Waals surface area contributed by atoms with Gasteiger partial charge in [-0.2, -0.15) is 0 Å². The zero-order chi connectivity index (χ0) is 61.0. The van der Waals surface area contributed by atoms with Gasteiger partial charge in [0, 0.05) is 32.2 Å². The highest BCUT2D eigenvalue weighted by atomic mass is 16.5. The molecule has 0 bridgehead atoms. The third-order valence-electron chi connectivity index (χ3n) is 13.9. The molecule has 23 heteroatoms. The van der Waals surface area contributed by atoms with Gasteiger partial charge in [0.25, 0.3) is 23.6 Å². The molecule has 0 radical (unpaired) electrons. The van der Waals surface area contributed by atoms with Crippen molar-refractivity contribution in [3.05, 3.63) is 117 Å². The van der Waals surface area contributed by atoms with Crippen LogP contribution in [0.1, 0.15) is 134 Å². The van der Waals surface area contributed by atoms with Gasteiger partial charge in [0.2, 0.25) is 0 Å². The van der Waals surface area contributed by atoms with Crippen LogP contribution < -0.4 is 75.0 Å². The van der Waals surface area contributed by atoms with Gasteiger partial charge in [0.15, 0.2) is 29.1 Å². The van der Waals surface area contributed by atoms with Crippen molar-refractivity contribution in [3.8, 4) is 23.0 Å². The van der Waals surface area contributed by atoms with Gasteiger partial charge in [-0.15, -0.1) is 0 Å². The molecule has 83 heavy (non-hydrogen) atoms.